The molecule has 7 atom stereocenters. The molecule has 0 radical (unpaired) electrons. The zero-order valence-corrected chi connectivity index (χ0v) is 28.6. The molecule has 3 aliphatic heterocycles. The number of nitrogens with zero attached hydrogens (tertiary/aromatic N) is 3. The zero-order chi connectivity index (χ0) is 32.9. The number of anilines is 1. The number of aliphatic hydroxyl groups excluding tert-OH is 1. The van der Waals surface area contributed by atoms with Crippen LogP contribution in [0.15, 0.2) is 49.6 Å². The van der Waals surface area contributed by atoms with Gasteiger partial charge in [-0.15, -0.1) is 24.9 Å². The summed E-state index contributed by atoms with van der Waals surface area (Å²) < 4.78 is 4.86. The molecule has 1 aromatic carbocycles. The lowest BCUT2D eigenvalue weighted by atomic mass is 9.65. The van der Waals surface area contributed by atoms with E-state index in [2.05, 4.69) is 40.9 Å². The van der Waals surface area contributed by atoms with Crippen LogP contribution in [0, 0.1) is 23.7 Å². The molecule has 3 aliphatic rings. The maximum Gasteiger partial charge on any atom is 0.247 e. The molecule has 0 aromatic heterocycles. The van der Waals surface area contributed by atoms with Crippen LogP contribution in [0.25, 0.3) is 0 Å². The van der Waals surface area contributed by atoms with Crippen molar-refractivity contribution in [2.75, 3.05) is 37.7 Å². The largest absolute Gasteiger partial charge is 0.494 e. The third-order valence-corrected chi connectivity index (χ3v) is 11.9. The van der Waals surface area contributed by atoms with Crippen LogP contribution in [0.5, 0.6) is 5.75 Å². The van der Waals surface area contributed by atoms with E-state index in [1.165, 1.54) is 0 Å². The molecule has 8 nitrogen and oxygen atoms in total. The summed E-state index contributed by atoms with van der Waals surface area (Å²) in [5, 5.41) is 10.6. The van der Waals surface area contributed by atoms with E-state index in [0.717, 1.165) is 31.4 Å². The SMILES string of the molecule is C=CCN(CCCCC)C(=O)C1N([C@@H](CO)CC(C)C)C(=O)[C@@H]2[C@H](C(=O)N(CC=C)c3ccc(OCC)cc3)[C@@H]3CC(C)C12S3. The second-order valence-electron chi connectivity index (χ2n) is 13.2. The first kappa shape index (κ1) is 35.1. The summed E-state index contributed by atoms with van der Waals surface area (Å²) in [6, 6.07) is 6.17. The Bertz CT molecular complexity index is 1220. The van der Waals surface area contributed by atoms with Crippen LogP contribution < -0.4 is 9.64 Å². The van der Waals surface area contributed by atoms with Crippen molar-refractivity contribution in [3.63, 3.8) is 0 Å². The van der Waals surface area contributed by atoms with Crippen LogP contribution in [0.3, 0.4) is 0 Å². The molecule has 45 heavy (non-hydrogen) atoms. The average Bonchev–Trinajstić information content (AvgIpc) is 3.61. The van der Waals surface area contributed by atoms with Gasteiger partial charge in [0.15, 0.2) is 0 Å². The monoisotopic (exact) mass is 639 g/mol. The van der Waals surface area contributed by atoms with Gasteiger partial charge in [-0.1, -0.05) is 52.7 Å². The van der Waals surface area contributed by atoms with Crippen LogP contribution >= 0.6 is 11.8 Å². The summed E-state index contributed by atoms with van der Waals surface area (Å²) in [5.41, 5.74) is 0.717. The fourth-order valence-electron chi connectivity index (χ4n) is 7.93. The smallest absolute Gasteiger partial charge is 0.247 e. The van der Waals surface area contributed by atoms with Crippen LogP contribution in [-0.4, -0.2) is 87.6 Å². The van der Waals surface area contributed by atoms with E-state index < -0.39 is 28.7 Å². The van der Waals surface area contributed by atoms with Crippen molar-refractivity contribution in [3.05, 3.63) is 49.6 Å². The second kappa shape index (κ2) is 15.2. The minimum absolute atomic E-state index is 0.0439. The molecule has 9 heteroatoms. The number of ether oxygens (including phenoxy) is 1. The van der Waals surface area contributed by atoms with Gasteiger partial charge in [0.05, 0.1) is 35.8 Å². The number of hydrogen-bond donors (Lipinski definition) is 1. The Morgan fingerprint density at radius 2 is 1.82 bits per heavy atom. The van der Waals surface area contributed by atoms with Crippen molar-refractivity contribution >= 4 is 35.2 Å². The lowest BCUT2D eigenvalue weighted by Gasteiger charge is -2.42. The first-order chi connectivity index (χ1) is 21.6. The summed E-state index contributed by atoms with van der Waals surface area (Å²) in [6.45, 7) is 19.7. The molecule has 2 bridgehead atoms. The number of benzene rings is 1. The van der Waals surface area contributed by atoms with E-state index in [1.54, 1.807) is 33.7 Å². The quantitative estimate of drug-likeness (QED) is 0.178. The van der Waals surface area contributed by atoms with Gasteiger partial charge >= 0.3 is 0 Å². The number of amides is 3. The highest BCUT2D eigenvalue weighted by Gasteiger charge is 2.77. The number of hydrogen-bond acceptors (Lipinski definition) is 6. The van der Waals surface area contributed by atoms with Crippen LogP contribution in [-0.2, 0) is 14.4 Å². The van der Waals surface area contributed by atoms with Gasteiger partial charge in [-0.3, -0.25) is 14.4 Å². The predicted octanol–water partition coefficient (Wildman–Crippen LogP) is 5.55. The maximum absolute atomic E-state index is 14.8. The predicted molar refractivity (Wildman–Crippen MR) is 182 cm³/mol. The van der Waals surface area contributed by atoms with Gasteiger partial charge in [0, 0.05) is 30.6 Å². The Morgan fingerprint density at radius 1 is 1.13 bits per heavy atom. The minimum Gasteiger partial charge on any atom is -0.494 e. The summed E-state index contributed by atoms with van der Waals surface area (Å²) in [6.07, 6.45) is 7.68. The average molecular weight is 640 g/mol. The Balaban J connectivity index is 1.79. The molecule has 0 saturated carbocycles. The van der Waals surface area contributed by atoms with Gasteiger partial charge in [-0.25, -0.2) is 0 Å². The van der Waals surface area contributed by atoms with Crippen molar-refractivity contribution in [2.45, 2.75) is 88.8 Å². The standard InChI is InChI=1S/C36H53N3O5S/c1-8-12-13-20-37(18-9-2)35(43)32-36-25(7)22-29(45-36)30(31(36)34(42)39(32)27(23-40)21-24(5)6)33(41)38(19-10-3)26-14-16-28(17-15-26)44-11-4/h9-10,14-17,24-25,27,29-32,40H,2-3,8,11-13,18-23H2,1,4-7H3/t25?,27-,29+,30-,31+,32?,36?/m1/s1. The molecule has 248 valence electrons. The van der Waals surface area contributed by atoms with Gasteiger partial charge in [0.1, 0.15) is 11.8 Å². The van der Waals surface area contributed by atoms with Crippen molar-refractivity contribution in [1.82, 2.24) is 9.80 Å². The van der Waals surface area contributed by atoms with Crippen molar-refractivity contribution in [3.8, 4) is 5.75 Å². The highest BCUT2D eigenvalue weighted by Crippen LogP contribution is 2.69. The Labute approximate surface area is 274 Å². The lowest BCUT2D eigenvalue weighted by Crippen LogP contribution is -2.59. The molecular weight excluding hydrogens is 586 g/mol. The molecule has 3 amide bonds. The zero-order valence-electron chi connectivity index (χ0n) is 27.8. The van der Waals surface area contributed by atoms with E-state index in [1.807, 2.05) is 36.1 Å². The highest BCUT2D eigenvalue weighted by molar-refractivity contribution is 8.02. The van der Waals surface area contributed by atoms with E-state index in [0.29, 0.717) is 38.3 Å². The molecule has 3 saturated heterocycles. The van der Waals surface area contributed by atoms with Gasteiger partial charge in [-0.2, -0.15) is 0 Å². The maximum atomic E-state index is 14.8. The molecule has 0 aliphatic carbocycles. The number of carbonyl (C=O) groups is 3. The Kier molecular flexibility index (Phi) is 11.9. The fraction of sp³-hybridized carbons (Fsp3) is 0.639. The van der Waals surface area contributed by atoms with Crippen molar-refractivity contribution < 1.29 is 24.2 Å². The van der Waals surface area contributed by atoms with E-state index in [4.69, 9.17) is 4.74 Å². The van der Waals surface area contributed by atoms with Crippen LogP contribution in [0.4, 0.5) is 5.69 Å². The molecule has 1 N–H and O–H groups in total. The number of likely N-dealkylation sites (tertiary alicyclic amines) is 1. The number of aliphatic hydroxyl groups is 1. The third-order valence-electron chi connectivity index (χ3n) is 9.78. The van der Waals surface area contributed by atoms with Gasteiger partial charge in [0.2, 0.25) is 17.7 Å². The lowest BCUT2D eigenvalue weighted by molar-refractivity contribution is -0.146. The molecule has 3 fully saturated rings. The summed E-state index contributed by atoms with van der Waals surface area (Å²) in [7, 11) is 0. The number of rotatable bonds is 17. The Morgan fingerprint density at radius 3 is 2.40 bits per heavy atom. The summed E-state index contributed by atoms with van der Waals surface area (Å²) in [5.74, 6) is -0.654. The molecule has 3 unspecified atom stereocenters. The minimum atomic E-state index is -0.758. The van der Waals surface area contributed by atoms with Gasteiger partial charge in [0.25, 0.3) is 0 Å². The summed E-state index contributed by atoms with van der Waals surface area (Å²) >= 11 is 1.68. The van der Waals surface area contributed by atoms with Crippen LogP contribution in [0.1, 0.15) is 66.7 Å². The van der Waals surface area contributed by atoms with Crippen molar-refractivity contribution in [1.29, 1.82) is 0 Å². The van der Waals surface area contributed by atoms with Gasteiger partial charge in [-0.05, 0) is 62.3 Å². The summed E-state index contributed by atoms with van der Waals surface area (Å²) in [4.78, 5) is 49.5. The number of carbonyl (C=O) groups excluding carboxylic acids is 3. The number of unbranched alkanes of at least 4 members (excludes halogenated alkanes) is 2. The molecular formula is C36H53N3O5S. The topological polar surface area (TPSA) is 90.4 Å². The van der Waals surface area contributed by atoms with E-state index >= 15 is 0 Å². The van der Waals surface area contributed by atoms with Crippen LogP contribution in [0.2, 0.25) is 0 Å². The fourth-order valence-corrected chi connectivity index (χ4v) is 10.3. The first-order valence-corrected chi connectivity index (χ1v) is 17.6. The molecule has 3 heterocycles. The second-order valence-corrected chi connectivity index (χ2v) is 14.8. The van der Waals surface area contributed by atoms with Gasteiger partial charge < -0.3 is 24.5 Å². The molecule has 4 rings (SSSR count). The van der Waals surface area contributed by atoms with E-state index in [-0.39, 0.29) is 41.4 Å². The third kappa shape index (κ3) is 6.57. The normalized spacial score (nSPS) is 27.4. The highest BCUT2D eigenvalue weighted by atomic mass is 32.2. The Hall–Kier alpha value is -2.78. The molecule has 1 spiro atoms. The number of thioether (sulfide) groups is 1. The number of fused-ring (bicyclic) bond motifs is 1. The first-order valence-electron chi connectivity index (χ1n) is 16.8. The van der Waals surface area contributed by atoms with Crippen molar-refractivity contribution in [2.24, 2.45) is 23.7 Å². The molecule has 1 aromatic rings. The van der Waals surface area contributed by atoms with E-state index in [9.17, 15) is 19.5 Å².